The van der Waals surface area contributed by atoms with Crippen molar-refractivity contribution in [2.75, 3.05) is 7.11 Å². The molecule has 0 amide bonds. The highest BCUT2D eigenvalue weighted by atomic mass is 32.2. The Bertz CT molecular complexity index is 1050. The third-order valence-electron chi connectivity index (χ3n) is 4.32. The summed E-state index contributed by atoms with van der Waals surface area (Å²) >= 11 is 1.17. The van der Waals surface area contributed by atoms with Gasteiger partial charge in [0.2, 0.25) is 11.2 Å². The molecular formula is C22H19FO5S. The summed E-state index contributed by atoms with van der Waals surface area (Å²) in [6.45, 7) is 0. The fourth-order valence-electron chi connectivity index (χ4n) is 2.87. The number of hydrogen-bond donors (Lipinski definition) is 1. The maximum atomic E-state index is 13.8. The van der Waals surface area contributed by atoms with Gasteiger partial charge < -0.3 is 14.3 Å². The molecule has 150 valence electrons. The third-order valence-corrected chi connectivity index (χ3v) is 5.39. The minimum Gasteiger partial charge on any atom is -0.502 e. The van der Waals surface area contributed by atoms with Crippen LogP contribution in [-0.4, -0.2) is 18.2 Å². The number of ether oxygens (including phenoxy) is 1. The molecule has 1 atom stereocenters. The molecule has 29 heavy (non-hydrogen) atoms. The Morgan fingerprint density at radius 1 is 1.17 bits per heavy atom. The minimum absolute atomic E-state index is 0.0155. The zero-order valence-corrected chi connectivity index (χ0v) is 16.4. The van der Waals surface area contributed by atoms with E-state index in [-0.39, 0.29) is 29.5 Å². The van der Waals surface area contributed by atoms with Gasteiger partial charge in [0, 0.05) is 11.0 Å². The third kappa shape index (κ3) is 5.06. The molecule has 1 unspecified atom stereocenters. The van der Waals surface area contributed by atoms with Gasteiger partial charge in [-0.3, -0.25) is 9.59 Å². The highest BCUT2D eigenvalue weighted by molar-refractivity contribution is 7.98. The number of benzene rings is 2. The number of esters is 1. The number of carbonyl (C=O) groups excluding carboxylic acids is 1. The number of hydrogen-bond acceptors (Lipinski definition) is 6. The maximum absolute atomic E-state index is 13.8. The first-order valence-corrected chi connectivity index (χ1v) is 9.83. The van der Waals surface area contributed by atoms with E-state index in [0.717, 1.165) is 0 Å². The van der Waals surface area contributed by atoms with Crippen molar-refractivity contribution in [2.24, 2.45) is 0 Å². The van der Waals surface area contributed by atoms with E-state index in [4.69, 9.17) is 9.15 Å². The molecule has 1 aromatic heterocycles. The van der Waals surface area contributed by atoms with Crippen LogP contribution in [0.2, 0.25) is 0 Å². The van der Waals surface area contributed by atoms with E-state index in [2.05, 4.69) is 0 Å². The standard InChI is InChI=1S/C22H19FO5S/c1-27-20(25)12-16(14-7-3-2-4-8-14)22-21(26)18(24)11-15(28-22)13-29-19-10-6-5-9-17(19)23/h2-11,16,26H,12-13H2,1H3. The van der Waals surface area contributed by atoms with Gasteiger partial charge in [-0.05, 0) is 17.7 Å². The van der Waals surface area contributed by atoms with Gasteiger partial charge in [-0.1, -0.05) is 42.5 Å². The molecule has 0 fully saturated rings. The highest BCUT2D eigenvalue weighted by Crippen LogP contribution is 2.34. The predicted molar refractivity (Wildman–Crippen MR) is 108 cm³/mol. The average Bonchev–Trinajstić information content (AvgIpc) is 2.74. The molecule has 0 aliphatic rings. The molecule has 0 aliphatic heterocycles. The van der Waals surface area contributed by atoms with Gasteiger partial charge in [0.1, 0.15) is 11.6 Å². The van der Waals surface area contributed by atoms with Crippen LogP contribution in [0.15, 0.2) is 74.8 Å². The fourth-order valence-corrected chi connectivity index (χ4v) is 3.69. The second-order valence-electron chi connectivity index (χ2n) is 6.25. The molecular weight excluding hydrogens is 395 g/mol. The van der Waals surface area contributed by atoms with E-state index in [1.807, 2.05) is 6.07 Å². The van der Waals surface area contributed by atoms with Crippen molar-refractivity contribution in [3.8, 4) is 5.75 Å². The number of thioether (sulfide) groups is 1. The van der Waals surface area contributed by atoms with Crippen LogP contribution in [0.4, 0.5) is 4.39 Å². The van der Waals surface area contributed by atoms with Crippen molar-refractivity contribution in [3.05, 3.63) is 93.8 Å². The lowest BCUT2D eigenvalue weighted by atomic mass is 9.92. The summed E-state index contributed by atoms with van der Waals surface area (Å²) in [6.07, 6.45) is -0.110. The second kappa shape index (κ2) is 9.43. The van der Waals surface area contributed by atoms with Crippen LogP contribution in [0.25, 0.3) is 0 Å². The van der Waals surface area contributed by atoms with Crippen molar-refractivity contribution in [3.63, 3.8) is 0 Å². The lowest BCUT2D eigenvalue weighted by Gasteiger charge is -2.17. The summed E-state index contributed by atoms with van der Waals surface area (Å²) in [5, 5.41) is 10.3. The van der Waals surface area contributed by atoms with Crippen LogP contribution >= 0.6 is 11.8 Å². The van der Waals surface area contributed by atoms with Crippen molar-refractivity contribution in [2.45, 2.75) is 23.0 Å². The topological polar surface area (TPSA) is 76.7 Å². The van der Waals surface area contributed by atoms with Crippen molar-refractivity contribution in [1.82, 2.24) is 0 Å². The van der Waals surface area contributed by atoms with Crippen molar-refractivity contribution in [1.29, 1.82) is 0 Å². The van der Waals surface area contributed by atoms with Crippen LogP contribution in [-0.2, 0) is 15.3 Å². The van der Waals surface area contributed by atoms with Gasteiger partial charge in [-0.15, -0.1) is 11.8 Å². The molecule has 5 nitrogen and oxygen atoms in total. The molecule has 1 N–H and O–H groups in total. The molecule has 0 spiro atoms. The molecule has 2 aromatic carbocycles. The first-order valence-electron chi connectivity index (χ1n) is 8.84. The summed E-state index contributed by atoms with van der Waals surface area (Å²) in [5.41, 5.74) is 0.0661. The van der Waals surface area contributed by atoms with E-state index in [9.17, 15) is 19.1 Å². The SMILES string of the molecule is COC(=O)CC(c1ccccc1)c1oc(CSc2ccccc2F)cc(=O)c1O. The van der Waals surface area contributed by atoms with Gasteiger partial charge in [0.15, 0.2) is 5.76 Å². The van der Waals surface area contributed by atoms with Gasteiger partial charge in [-0.25, -0.2) is 4.39 Å². The van der Waals surface area contributed by atoms with Gasteiger partial charge in [0.25, 0.3) is 0 Å². The van der Waals surface area contributed by atoms with Crippen LogP contribution in [0.5, 0.6) is 5.75 Å². The summed E-state index contributed by atoms with van der Waals surface area (Å²) in [6, 6.07) is 16.4. The Kier molecular flexibility index (Phi) is 6.72. The lowest BCUT2D eigenvalue weighted by Crippen LogP contribution is -2.14. The number of rotatable bonds is 7. The number of carbonyl (C=O) groups is 1. The predicted octanol–water partition coefficient (Wildman–Crippen LogP) is 4.47. The van der Waals surface area contributed by atoms with Crippen LogP contribution in [0.1, 0.15) is 29.4 Å². The number of aromatic hydroxyl groups is 1. The molecule has 7 heteroatoms. The molecule has 0 bridgehead atoms. The minimum atomic E-state index is -0.699. The Morgan fingerprint density at radius 3 is 2.55 bits per heavy atom. The zero-order valence-electron chi connectivity index (χ0n) is 15.6. The molecule has 0 aliphatic carbocycles. The molecule has 0 saturated carbocycles. The van der Waals surface area contributed by atoms with Gasteiger partial charge >= 0.3 is 5.97 Å². The normalized spacial score (nSPS) is 11.8. The average molecular weight is 414 g/mol. The lowest BCUT2D eigenvalue weighted by molar-refractivity contribution is -0.140. The maximum Gasteiger partial charge on any atom is 0.306 e. The highest BCUT2D eigenvalue weighted by Gasteiger charge is 2.26. The first-order chi connectivity index (χ1) is 14.0. The van der Waals surface area contributed by atoms with E-state index in [1.54, 1.807) is 42.5 Å². The zero-order chi connectivity index (χ0) is 20.8. The summed E-state index contributed by atoms with van der Waals surface area (Å²) < 4.78 is 24.4. The van der Waals surface area contributed by atoms with Crippen LogP contribution in [0, 0.1) is 5.82 Å². The monoisotopic (exact) mass is 414 g/mol. The first kappa shape index (κ1) is 20.7. The number of methoxy groups -OCH3 is 1. The van der Waals surface area contributed by atoms with Crippen LogP contribution < -0.4 is 5.43 Å². The summed E-state index contributed by atoms with van der Waals surface area (Å²) in [7, 11) is 1.27. The number of halogens is 1. The largest absolute Gasteiger partial charge is 0.502 e. The van der Waals surface area contributed by atoms with E-state index < -0.39 is 23.1 Å². The van der Waals surface area contributed by atoms with E-state index >= 15 is 0 Å². The van der Waals surface area contributed by atoms with E-state index in [1.165, 1.54) is 31.0 Å². The van der Waals surface area contributed by atoms with Gasteiger partial charge in [-0.2, -0.15) is 0 Å². The Morgan fingerprint density at radius 2 is 1.86 bits per heavy atom. The van der Waals surface area contributed by atoms with Crippen molar-refractivity contribution < 1.29 is 23.4 Å². The Balaban J connectivity index is 1.96. The molecule has 3 rings (SSSR count). The summed E-state index contributed by atoms with van der Waals surface area (Å²) in [4.78, 5) is 24.7. The molecule has 3 aromatic rings. The molecule has 1 heterocycles. The summed E-state index contributed by atoms with van der Waals surface area (Å²) in [5.74, 6) is -1.70. The van der Waals surface area contributed by atoms with Gasteiger partial charge in [0.05, 0.1) is 25.2 Å². The quantitative estimate of drug-likeness (QED) is 0.454. The van der Waals surface area contributed by atoms with Crippen LogP contribution in [0.3, 0.4) is 0 Å². The van der Waals surface area contributed by atoms with E-state index in [0.29, 0.717) is 10.5 Å². The molecule has 0 radical (unpaired) electrons. The van der Waals surface area contributed by atoms with Crippen molar-refractivity contribution >= 4 is 17.7 Å². The molecule has 0 saturated heterocycles. The Labute approximate surface area is 171 Å². The smallest absolute Gasteiger partial charge is 0.306 e. The Hall–Kier alpha value is -3.06. The fraction of sp³-hybridized carbons (Fsp3) is 0.182. The second-order valence-corrected chi connectivity index (χ2v) is 7.27.